The number of amides is 1. The van der Waals surface area contributed by atoms with Crippen LogP contribution in [0.2, 0.25) is 0 Å². The van der Waals surface area contributed by atoms with Gasteiger partial charge in [0.15, 0.2) is 5.82 Å². The number of hydrogen-bond acceptors (Lipinski definition) is 2. The fourth-order valence-corrected chi connectivity index (χ4v) is 1.83. The van der Waals surface area contributed by atoms with Crippen LogP contribution in [0.5, 0.6) is 0 Å². The van der Waals surface area contributed by atoms with Gasteiger partial charge in [0.1, 0.15) is 0 Å². The molecule has 0 saturated carbocycles. The molecule has 2 rings (SSSR count). The van der Waals surface area contributed by atoms with Crippen LogP contribution in [0.3, 0.4) is 0 Å². The molecule has 3 nitrogen and oxygen atoms in total. The standard InChI is InChI=1S/C15H14F2N2O/c16-13-12(8-10-18-14(13)17)15(20)19-9-4-7-11-5-2-1-3-6-11/h1-3,5-6,8,10H,4,7,9H2,(H,19,20). The molecular formula is C15H14F2N2O. The molecule has 0 bridgehead atoms. The number of aromatic nitrogens is 1. The van der Waals surface area contributed by atoms with Crippen molar-refractivity contribution in [1.82, 2.24) is 10.3 Å². The van der Waals surface area contributed by atoms with E-state index in [1.165, 1.54) is 5.56 Å². The van der Waals surface area contributed by atoms with Crippen LogP contribution in [-0.2, 0) is 6.42 Å². The first-order valence-corrected chi connectivity index (χ1v) is 6.30. The molecule has 1 aromatic carbocycles. The molecular weight excluding hydrogens is 262 g/mol. The smallest absolute Gasteiger partial charge is 0.254 e. The van der Waals surface area contributed by atoms with Crippen molar-refractivity contribution in [1.29, 1.82) is 0 Å². The number of nitrogens with one attached hydrogen (secondary N) is 1. The Morgan fingerprint density at radius 2 is 1.90 bits per heavy atom. The topological polar surface area (TPSA) is 42.0 Å². The number of carbonyl (C=O) groups is 1. The number of hydrogen-bond donors (Lipinski definition) is 1. The fourth-order valence-electron chi connectivity index (χ4n) is 1.83. The van der Waals surface area contributed by atoms with Gasteiger partial charge in [0.05, 0.1) is 5.56 Å². The van der Waals surface area contributed by atoms with E-state index in [2.05, 4.69) is 10.3 Å². The van der Waals surface area contributed by atoms with Crippen molar-refractivity contribution < 1.29 is 13.6 Å². The molecule has 0 aliphatic heterocycles. The Labute approximate surface area is 115 Å². The molecule has 0 aliphatic rings. The molecule has 1 aromatic heterocycles. The van der Waals surface area contributed by atoms with Gasteiger partial charge in [0.2, 0.25) is 5.95 Å². The summed E-state index contributed by atoms with van der Waals surface area (Å²) in [4.78, 5) is 14.8. The zero-order valence-corrected chi connectivity index (χ0v) is 10.8. The van der Waals surface area contributed by atoms with Gasteiger partial charge in [-0.1, -0.05) is 30.3 Å². The van der Waals surface area contributed by atoms with Gasteiger partial charge < -0.3 is 5.32 Å². The zero-order valence-electron chi connectivity index (χ0n) is 10.8. The lowest BCUT2D eigenvalue weighted by atomic mass is 10.1. The molecule has 1 heterocycles. The lowest BCUT2D eigenvalue weighted by Gasteiger charge is -2.06. The maximum atomic E-state index is 13.3. The molecule has 5 heteroatoms. The predicted molar refractivity (Wildman–Crippen MR) is 71.2 cm³/mol. The predicted octanol–water partition coefficient (Wildman–Crippen LogP) is 2.72. The molecule has 0 radical (unpaired) electrons. The summed E-state index contributed by atoms with van der Waals surface area (Å²) in [6.07, 6.45) is 2.61. The van der Waals surface area contributed by atoms with Gasteiger partial charge in [-0.25, -0.2) is 9.37 Å². The third-order valence-electron chi connectivity index (χ3n) is 2.86. The van der Waals surface area contributed by atoms with Crippen molar-refractivity contribution in [2.45, 2.75) is 12.8 Å². The van der Waals surface area contributed by atoms with Crippen LogP contribution >= 0.6 is 0 Å². The summed E-state index contributed by atoms with van der Waals surface area (Å²) >= 11 is 0. The van der Waals surface area contributed by atoms with Crippen molar-refractivity contribution in [2.75, 3.05) is 6.54 Å². The van der Waals surface area contributed by atoms with E-state index in [1.807, 2.05) is 30.3 Å². The van der Waals surface area contributed by atoms with Crippen molar-refractivity contribution in [3.63, 3.8) is 0 Å². The molecule has 1 amide bonds. The molecule has 0 unspecified atom stereocenters. The number of rotatable bonds is 5. The summed E-state index contributed by atoms with van der Waals surface area (Å²) in [6.45, 7) is 0.400. The Balaban J connectivity index is 1.82. The first-order valence-electron chi connectivity index (χ1n) is 6.30. The second-order valence-electron chi connectivity index (χ2n) is 4.31. The quantitative estimate of drug-likeness (QED) is 0.674. The van der Waals surface area contributed by atoms with E-state index in [0.717, 1.165) is 25.1 Å². The minimum atomic E-state index is -1.26. The average Bonchev–Trinajstić information content (AvgIpc) is 2.47. The second-order valence-corrected chi connectivity index (χ2v) is 4.31. The highest BCUT2D eigenvalue weighted by atomic mass is 19.2. The number of carbonyl (C=O) groups excluding carboxylic acids is 1. The molecule has 0 fully saturated rings. The Morgan fingerprint density at radius 1 is 1.15 bits per heavy atom. The summed E-state index contributed by atoms with van der Waals surface area (Å²) in [7, 11) is 0. The van der Waals surface area contributed by atoms with E-state index < -0.39 is 17.7 Å². The minimum Gasteiger partial charge on any atom is -0.352 e. The van der Waals surface area contributed by atoms with Gasteiger partial charge in [0.25, 0.3) is 5.91 Å². The van der Waals surface area contributed by atoms with Gasteiger partial charge in [0, 0.05) is 12.7 Å². The van der Waals surface area contributed by atoms with E-state index >= 15 is 0 Å². The van der Waals surface area contributed by atoms with Crippen LogP contribution < -0.4 is 5.32 Å². The third-order valence-corrected chi connectivity index (χ3v) is 2.86. The maximum absolute atomic E-state index is 13.3. The minimum absolute atomic E-state index is 0.322. The first-order chi connectivity index (χ1) is 9.68. The van der Waals surface area contributed by atoms with E-state index in [4.69, 9.17) is 0 Å². The number of halogens is 2. The lowest BCUT2D eigenvalue weighted by Crippen LogP contribution is -2.26. The Bertz CT molecular complexity index is 588. The van der Waals surface area contributed by atoms with Gasteiger partial charge in [-0.3, -0.25) is 4.79 Å². The monoisotopic (exact) mass is 276 g/mol. The Kier molecular flexibility index (Phi) is 4.76. The van der Waals surface area contributed by atoms with Crippen molar-refractivity contribution in [2.24, 2.45) is 0 Å². The van der Waals surface area contributed by atoms with Crippen molar-refractivity contribution in [3.8, 4) is 0 Å². The van der Waals surface area contributed by atoms with Crippen LogP contribution in [0.4, 0.5) is 8.78 Å². The third kappa shape index (κ3) is 3.60. The highest BCUT2D eigenvalue weighted by molar-refractivity contribution is 5.94. The first kappa shape index (κ1) is 14.1. The maximum Gasteiger partial charge on any atom is 0.254 e. The van der Waals surface area contributed by atoms with Gasteiger partial charge in [-0.2, -0.15) is 4.39 Å². The average molecular weight is 276 g/mol. The molecule has 20 heavy (non-hydrogen) atoms. The second kappa shape index (κ2) is 6.75. The van der Waals surface area contributed by atoms with Crippen LogP contribution in [0.25, 0.3) is 0 Å². The number of benzene rings is 1. The van der Waals surface area contributed by atoms with Crippen molar-refractivity contribution in [3.05, 3.63) is 65.5 Å². The summed E-state index contributed by atoms with van der Waals surface area (Å²) in [5.41, 5.74) is 0.847. The Morgan fingerprint density at radius 3 is 2.65 bits per heavy atom. The van der Waals surface area contributed by atoms with Crippen molar-refractivity contribution >= 4 is 5.91 Å². The van der Waals surface area contributed by atoms with Gasteiger partial charge in [-0.05, 0) is 24.5 Å². The molecule has 0 saturated heterocycles. The Hall–Kier alpha value is -2.30. The van der Waals surface area contributed by atoms with Gasteiger partial charge >= 0.3 is 0 Å². The molecule has 2 aromatic rings. The number of pyridine rings is 1. The largest absolute Gasteiger partial charge is 0.352 e. The normalized spacial score (nSPS) is 10.3. The van der Waals surface area contributed by atoms with E-state index in [1.54, 1.807) is 0 Å². The number of aryl methyl sites for hydroxylation is 1. The van der Waals surface area contributed by atoms with E-state index in [-0.39, 0.29) is 5.56 Å². The van der Waals surface area contributed by atoms with Gasteiger partial charge in [-0.15, -0.1) is 0 Å². The molecule has 0 atom stereocenters. The number of nitrogens with zero attached hydrogens (tertiary/aromatic N) is 1. The SMILES string of the molecule is O=C(NCCCc1ccccc1)c1ccnc(F)c1F. The van der Waals surface area contributed by atoms with Crippen LogP contribution in [-0.4, -0.2) is 17.4 Å². The molecule has 1 N–H and O–H groups in total. The zero-order chi connectivity index (χ0) is 14.4. The summed E-state index contributed by atoms with van der Waals surface area (Å²) in [6, 6.07) is 11.0. The highest BCUT2D eigenvalue weighted by Crippen LogP contribution is 2.08. The molecule has 0 aliphatic carbocycles. The summed E-state index contributed by atoms with van der Waals surface area (Å²) in [5, 5.41) is 2.56. The van der Waals surface area contributed by atoms with Crippen LogP contribution in [0.1, 0.15) is 22.3 Å². The lowest BCUT2D eigenvalue weighted by molar-refractivity contribution is 0.0947. The molecule has 0 spiro atoms. The van der Waals surface area contributed by atoms with Crippen LogP contribution in [0, 0.1) is 11.8 Å². The highest BCUT2D eigenvalue weighted by Gasteiger charge is 2.15. The van der Waals surface area contributed by atoms with E-state index in [0.29, 0.717) is 6.54 Å². The molecule has 104 valence electrons. The van der Waals surface area contributed by atoms with Crippen LogP contribution in [0.15, 0.2) is 42.6 Å². The summed E-state index contributed by atoms with van der Waals surface area (Å²) in [5.74, 6) is -3.10. The van der Waals surface area contributed by atoms with E-state index in [9.17, 15) is 13.6 Å². The fraction of sp³-hybridized carbons (Fsp3) is 0.200. The summed E-state index contributed by atoms with van der Waals surface area (Å²) < 4.78 is 26.2.